The van der Waals surface area contributed by atoms with Gasteiger partial charge in [0, 0.05) is 38.2 Å². The van der Waals surface area contributed by atoms with Crippen LogP contribution in [0.3, 0.4) is 0 Å². The Morgan fingerprint density at radius 3 is 2.70 bits per heavy atom. The summed E-state index contributed by atoms with van der Waals surface area (Å²) in [6.45, 7) is 1.35. The van der Waals surface area contributed by atoms with E-state index in [1.165, 1.54) is 43.8 Å². The van der Waals surface area contributed by atoms with Crippen LogP contribution in [0, 0.1) is 17.6 Å². The fraction of sp³-hybridized carbons (Fsp3) is 0.269. The van der Waals surface area contributed by atoms with Gasteiger partial charge in [-0.25, -0.2) is 28.6 Å². The Morgan fingerprint density at radius 2 is 1.98 bits per heavy atom. The average Bonchev–Trinajstić information content (AvgIpc) is 3.40. The predicted octanol–water partition coefficient (Wildman–Crippen LogP) is 2.94. The van der Waals surface area contributed by atoms with Crippen LogP contribution in [0.25, 0.3) is 16.9 Å². The molecule has 2 aromatic carbocycles. The zero-order valence-electron chi connectivity index (χ0n) is 21.5. The molecule has 0 atom stereocenters. The molecule has 3 heterocycles. The summed E-state index contributed by atoms with van der Waals surface area (Å²) in [6, 6.07) is 8.45. The summed E-state index contributed by atoms with van der Waals surface area (Å²) in [5.74, 6) is -1.45. The van der Waals surface area contributed by atoms with Crippen molar-refractivity contribution in [2.45, 2.75) is 12.8 Å². The normalized spacial score (nSPS) is 14.4. The third-order valence-electron chi connectivity index (χ3n) is 6.77. The van der Waals surface area contributed by atoms with E-state index in [1.54, 1.807) is 22.7 Å². The highest BCUT2D eigenvalue weighted by molar-refractivity contribution is 7.87. The number of piperidine rings is 1. The maximum atomic E-state index is 14.9. The van der Waals surface area contributed by atoms with Crippen LogP contribution in [-0.2, 0) is 10.2 Å². The molecule has 4 aromatic rings. The monoisotopic (exact) mass is 571 g/mol. The zero-order valence-corrected chi connectivity index (χ0v) is 22.3. The van der Waals surface area contributed by atoms with Gasteiger partial charge in [0.25, 0.3) is 16.1 Å². The molecule has 0 bridgehead atoms. The molecule has 0 aliphatic carbocycles. The van der Waals surface area contributed by atoms with Crippen LogP contribution in [0.15, 0.2) is 55.0 Å². The Bertz CT molecular complexity index is 1670. The molecule has 1 fully saturated rings. The Balaban J connectivity index is 1.42. The first kappa shape index (κ1) is 27.4. The van der Waals surface area contributed by atoms with E-state index in [4.69, 9.17) is 9.88 Å². The minimum absolute atomic E-state index is 0.0474. The number of hydrogen-bond donors (Lipinski definition) is 3. The number of carbonyl (C=O) groups is 1. The highest BCUT2D eigenvalue weighted by Gasteiger charge is 2.24. The number of benzene rings is 2. The molecule has 40 heavy (non-hydrogen) atoms. The fourth-order valence-corrected chi connectivity index (χ4v) is 5.26. The summed E-state index contributed by atoms with van der Waals surface area (Å²) in [5.41, 5.74) is 1.29. The largest absolute Gasteiger partial charge is 0.496 e. The first-order valence-corrected chi connectivity index (χ1v) is 14.0. The smallest absolute Gasteiger partial charge is 0.275 e. The minimum Gasteiger partial charge on any atom is -0.496 e. The van der Waals surface area contributed by atoms with Crippen molar-refractivity contribution in [2.75, 3.05) is 37.0 Å². The second-order valence-corrected chi connectivity index (χ2v) is 10.8. The lowest BCUT2D eigenvalue weighted by Gasteiger charge is -2.34. The molecule has 2 aromatic heterocycles. The van der Waals surface area contributed by atoms with Crippen molar-refractivity contribution < 1.29 is 26.7 Å². The van der Waals surface area contributed by atoms with Gasteiger partial charge in [0.05, 0.1) is 24.0 Å². The number of methoxy groups -OCH3 is 1. The first-order valence-electron chi connectivity index (χ1n) is 12.4. The van der Waals surface area contributed by atoms with Crippen molar-refractivity contribution in [2.24, 2.45) is 11.1 Å². The Hall–Kier alpha value is -4.14. The molecule has 4 N–H and O–H groups in total. The lowest BCUT2D eigenvalue weighted by atomic mass is 9.96. The number of imidazole rings is 1. The molecule has 1 amide bonds. The number of fused-ring (bicyclic) bond motifs is 1. The lowest BCUT2D eigenvalue weighted by molar-refractivity contribution is 0.102. The number of anilines is 2. The third-order valence-corrected chi connectivity index (χ3v) is 7.34. The standard InChI is InChI=1S/C26H27F2N7O4S/c1-39-22-4-2-3-18(28)23(22)24-25-30-9-12-35(25)15-20(32-24)26(36)33-19-13-17(27)5-6-21(19)34-10-7-16(8-11-34)14-31-40(29,37)38/h2-6,9,12-13,15-16,31H,7-8,10-11,14H2,1H3,(H,33,36)(H2,29,37,38). The number of nitrogens with zero attached hydrogens (tertiary/aromatic N) is 4. The van der Waals surface area contributed by atoms with Crippen LogP contribution in [0.2, 0.25) is 0 Å². The van der Waals surface area contributed by atoms with Crippen molar-refractivity contribution in [1.82, 2.24) is 19.1 Å². The molecule has 1 saturated heterocycles. The molecule has 1 aliphatic rings. The van der Waals surface area contributed by atoms with Gasteiger partial charge in [-0.05, 0) is 49.1 Å². The molecular formula is C26H27F2N7O4S. The summed E-state index contributed by atoms with van der Waals surface area (Å²) in [7, 11) is -2.36. The van der Waals surface area contributed by atoms with Crippen molar-refractivity contribution in [3.8, 4) is 17.0 Å². The molecule has 0 spiro atoms. The van der Waals surface area contributed by atoms with Crippen molar-refractivity contribution in [3.05, 3.63) is 72.3 Å². The van der Waals surface area contributed by atoms with Crippen LogP contribution < -0.4 is 24.8 Å². The van der Waals surface area contributed by atoms with E-state index in [9.17, 15) is 22.0 Å². The van der Waals surface area contributed by atoms with Gasteiger partial charge in [-0.15, -0.1) is 0 Å². The maximum absolute atomic E-state index is 14.9. The molecule has 11 nitrogen and oxygen atoms in total. The van der Waals surface area contributed by atoms with Crippen LogP contribution in [0.5, 0.6) is 5.75 Å². The number of nitrogens with one attached hydrogen (secondary N) is 2. The van der Waals surface area contributed by atoms with E-state index < -0.39 is 27.8 Å². The molecule has 0 saturated carbocycles. The summed E-state index contributed by atoms with van der Waals surface area (Å²) in [5, 5.41) is 7.78. The number of ether oxygens (including phenoxy) is 1. The lowest BCUT2D eigenvalue weighted by Crippen LogP contribution is -2.40. The molecule has 5 rings (SSSR count). The predicted molar refractivity (Wildman–Crippen MR) is 145 cm³/mol. The number of nitrogens with two attached hydrogens (primary N) is 1. The van der Waals surface area contributed by atoms with Crippen molar-refractivity contribution >= 4 is 33.1 Å². The van der Waals surface area contributed by atoms with Gasteiger partial charge >= 0.3 is 0 Å². The van der Waals surface area contributed by atoms with Crippen LogP contribution >= 0.6 is 0 Å². The third kappa shape index (κ3) is 5.88. The van der Waals surface area contributed by atoms with Gasteiger partial charge in [0.2, 0.25) is 0 Å². The van der Waals surface area contributed by atoms with E-state index >= 15 is 0 Å². The Kier molecular flexibility index (Phi) is 7.65. The number of hydrogen-bond acceptors (Lipinski definition) is 7. The summed E-state index contributed by atoms with van der Waals surface area (Å²) >= 11 is 0. The number of rotatable bonds is 8. The number of halogens is 2. The van der Waals surface area contributed by atoms with E-state index in [1.807, 2.05) is 4.90 Å². The molecule has 0 radical (unpaired) electrons. The Morgan fingerprint density at radius 1 is 1.20 bits per heavy atom. The summed E-state index contributed by atoms with van der Waals surface area (Å²) < 4.78 is 60.8. The highest BCUT2D eigenvalue weighted by atomic mass is 32.2. The topological polar surface area (TPSA) is 144 Å². The first-order chi connectivity index (χ1) is 19.1. The molecular weight excluding hydrogens is 544 g/mol. The number of carbonyl (C=O) groups excluding carboxylic acids is 1. The Labute approximate surface area is 229 Å². The van der Waals surface area contributed by atoms with Gasteiger partial charge in [0.1, 0.15) is 28.8 Å². The summed E-state index contributed by atoms with van der Waals surface area (Å²) in [4.78, 5) is 24.1. The van der Waals surface area contributed by atoms with Gasteiger partial charge in [0.15, 0.2) is 5.65 Å². The van der Waals surface area contributed by atoms with Crippen LogP contribution in [0.4, 0.5) is 20.2 Å². The SMILES string of the molecule is COc1cccc(F)c1-c1nc(C(=O)Nc2cc(F)ccc2N2CCC(CNS(N)(=O)=O)CC2)cn2ccnc12. The quantitative estimate of drug-likeness (QED) is 0.295. The van der Waals surface area contributed by atoms with E-state index in [2.05, 4.69) is 20.0 Å². The van der Waals surface area contributed by atoms with E-state index in [-0.39, 0.29) is 40.9 Å². The van der Waals surface area contributed by atoms with Crippen LogP contribution in [0.1, 0.15) is 23.3 Å². The fourth-order valence-electron chi connectivity index (χ4n) is 4.80. The van der Waals surface area contributed by atoms with Gasteiger partial charge in [-0.2, -0.15) is 8.42 Å². The number of amides is 1. The van der Waals surface area contributed by atoms with Crippen LogP contribution in [-0.4, -0.2) is 55.4 Å². The second-order valence-electron chi connectivity index (χ2n) is 9.39. The van der Waals surface area contributed by atoms with Crippen molar-refractivity contribution in [1.29, 1.82) is 0 Å². The van der Waals surface area contributed by atoms with Crippen molar-refractivity contribution in [3.63, 3.8) is 0 Å². The molecule has 0 unspecified atom stereocenters. The zero-order chi connectivity index (χ0) is 28.4. The van der Waals surface area contributed by atoms with E-state index in [0.717, 1.165) is 0 Å². The minimum atomic E-state index is -3.77. The number of aromatic nitrogens is 3. The average molecular weight is 572 g/mol. The highest BCUT2D eigenvalue weighted by Crippen LogP contribution is 2.34. The maximum Gasteiger partial charge on any atom is 0.275 e. The second kappa shape index (κ2) is 11.2. The summed E-state index contributed by atoms with van der Waals surface area (Å²) in [6.07, 6.45) is 5.90. The van der Waals surface area contributed by atoms with Gasteiger partial charge < -0.3 is 19.4 Å². The van der Waals surface area contributed by atoms with E-state index in [0.29, 0.717) is 37.3 Å². The molecule has 14 heteroatoms. The molecule has 210 valence electrons. The van der Waals surface area contributed by atoms with Gasteiger partial charge in [-0.1, -0.05) is 6.07 Å². The molecule has 1 aliphatic heterocycles. The van der Waals surface area contributed by atoms with Gasteiger partial charge in [-0.3, -0.25) is 4.79 Å².